The molecule has 3 aromatic rings. The minimum Gasteiger partial charge on any atom is -0.466 e. The largest absolute Gasteiger partial charge is 0.466 e. The van der Waals surface area contributed by atoms with Gasteiger partial charge in [-0.15, -0.1) is 0 Å². The van der Waals surface area contributed by atoms with Gasteiger partial charge in [-0.25, -0.2) is 19.2 Å². The summed E-state index contributed by atoms with van der Waals surface area (Å²) in [7, 11) is 0. The van der Waals surface area contributed by atoms with Crippen molar-refractivity contribution >= 4 is 29.0 Å². The van der Waals surface area contributed by atoms with Crippen molar-refractivity contribution in [2.75, 3.05) is 25.0 Å². The summed E-state index contributed by atoms with van der Waals surface area (Å²) in [5.74, 6) is -0.542. The number of fused-ring (bicyclic) bond motifs is 1. The molecule has 0 aliphatic rings. The summed E-state index contributed by atoms with van der Waals surface area (Å²) >= 11 is 0. The smallest absolute Gasteiger partial charge is 0.410 e. The maximum atomic E-state index is 13.9. The number of nitrogens with one attached hydrogen (secondary N) is 1. The molecule has 194 valence electrons. The zero-order chi connectivity index (χ0) is 26.3. The van der Waals surface area contributed by atoms with Crippen LogP contribution in [0.25, 0.3) is 11.1 Å². The third-order valence-corrected chi connectivity index (χ3v) is 5.04. The lowest BCUT2D eigenvalue weighted by Gasteiger charge is -2.28. The van der Waals surface area contributed by atoms with Crippen LogP contribution in [0.15, 0.2) is 35.0 Å². The topological polar surface area (TPSA) is 120 Å². The van der Waals surface area contributed by atoms with Gasteiger partial charge >= 0.3 is 12.1 Å². The number of esters is 1. The van der Waals surface area contributed by atoms with E-state index < -0.39 is 23.4 Å². The average molecular weight is 502 g/mol. The SMILES string of the molecule is CCOC(=O)C(C)CN(CCc1nc2c(NCc3ncccc3F)nccc2o1)C(=O)OC(C)(C)C. The van der Waals surface area contributed by atoms with Crippen molar-refractivity contribution in [3.63, 3.8) is 0 Å². The molecular formula is C25H32FN5O5. The Hall–Kier alpha value is -3.76. The van der Waals surface area contributed by atoms with Crippen LogP contribution in [0.2, 0.25) is 0 Å². The summed E-state index contributed by atoms with van der Waals surface area (Å²) in [5, 5.41) is 3.05. The number of carbonyl (C=O) groups is 2. The second kappa shape index (κ2) is 11.8. The number of halogens is 1. The maximum Gasteiger partial charge on any atom is 0.410 e. The Balaban J connectivity index is 1.73. The molecule has 0 fully saturated rings. The lowest BCUT2D eigenvalue weighted by molar-refractivity contribution is -0.147. The number of pyridine rings is 2. The lowest BCUT2D eigenvalue weighted by Crippen LogP contribution is -2.42. The molecule has 11 heteroatoms. The minimum absolute atomic E-state index is 0.123. The van der Waals surface area contributed by atoms with E-state index in [9.17, 15) is 14.0 Å². The monoisotopic (exact) mass is 501 g/mol. The lowest BCUT2D eigenvalue weighted by atomic mass is 10.1. The number of oxazole rings is 1. The highest BCUT2D eigenvalue weighted by atomic mass is 19.1. The Morgan fingerprint density at radius 3 is 2.69 bits per heavy atom. The highest BCUT2D eigenvalue weighted by molar-refractivity contribution is 5.83. The van der Waals surface area contributed by atoms with Gasteiger partial charge in [-0.3, -0.25) is 9.78 Å². The van der Waals surface area contributed by atoms with Gasteiger partial charge < -0.3 is 24.1 Å². The number of hydrogen-bond donors (Lipinski definition) is 1. The molecule has 1 unspecified atom stereocenters. The first-order chi connectivity index (χ1) is 17.1. The molecule has 1 amide bonds. The third-order valence-electron chi connectivity index (χ3n) is 5.04. The van der Waals surface area contributed by atoms with E-state index in [0.717, 1.165) is 0 Å². The third kappa shape index (κ3) is 7.37. The van der Waals surface area contributed by atoms with E-state index in [4.69, 9.17) is 13.9 Å². The summed E-state index contributed by atoms with van der Waals surface area (Å²) < 4.78 is 30.4. The number of anilines is 1. The van der Waals surface area contributed by atoms with E-state index in [1.807, 2.05) is 0 Å². The molecule has 0 saturated heterocycles. The van der Waals surface area contributed by atoms with E-state index in [2.05, 4.69) is 20.3 Å². The van der Waals surface area contributed by atoms with Crippen molar-refractivity contribution in [1.82, 2.24) is 19.9 Å². The quantitative estimate of drug-likeness (QED) is 0.404. The summed E-state index contributed by atoms with van der Waals surface area (Å²) in [6.07, 6.45) is 2.80. The second-order valence-electron chi connectivity index (χ2n) is 9.23. The molecule has 3 heterocycles. The van der Waals surface area contributed by atoms with Gasteiger partial charge in [0.1, 0.15) is 11.4 Å². The first-order valence-electron chi connectivity index (χ1n) is 11.8. The number of carbonyl (C=O) groups excluding carboxylic acids is 2. The number of nitrogens with zero attached hydrogens (tertiary/aromatic N) is 4. The molecule has 36 heavy (non-hydrogen) atoms. The Bertz CT molecular complexity index is 1190. The van der Waals surface area contributed by atoms with Crippen LogP contribution in [0, 0.1) is 11.7 Å². The zero-order valence-electron chi connectivity index (χ0n) is 21.2. The molecule has 0 aliphatic carbocycles. The summed E-state index contributed by atoms with van der Waals surface area (Å²) in [6.45, 7) is 9.47. The summed E-state index contributed by atoms with van der Waals surface area (Å²) in [5.41, 5.74) is 0.531. The van der Waals surface area contributed by atoms with Crippen molar-refractivity contribution in [3.8, 4) is 0 Å². The standard InChI is InChI=1S/C25H32FN5O5/c1-6-34-23(32)16(2)15-31(24(33)36-25(3,4)5)13-10-20-30-21-19(35-20)9-12-28-22(21)29-14-18-17(26)8-7-11-27-18/h7-9,11-12,16H,6,10,13-15H2,1-5H3,(H,28,29). The summed E-state index contributed by atoms with van der Waals surface area (Å²) in [4.78, 5) is 39.2. The van der Waals surface area contributed by atoms with Gasteiger partial charge in [0.15, 0.2) is 22.8 Å². The van der Waals surface area contributed by atoms with Crippen LogP contribution in [0.3, 0.4) is 0 Å². The molecule has 0 saturated carbocycles. The van der Waals surface area contributed by atoms with Crippen molar-refractivity contribution in [3.05, 3.63) is 48.0 Å². The molecule has 3 rings (SSSR count). The first-order valence-corrected chi connectivity index (χ1v) is 11.8. The highest BCUT2D eigenvalue weighted by Gasteiger charge is 2.27. The Morgan fingerprint density at radius 1 is 1.22 bits per heavy atom. The Kier molecular flexibility index (Phi) is 8.78. The van der Waals surface area contributed by atoms with Crippen LogP contribution >= 0.6 is 0 Å². The van der Waals surface area contributed by atoms with Crippen molar-refractivity contribution in [2.24, 2.45) is 5.92 Å². The molecule has 0 aliphatic heterocycles. The van der Waals surface area contributed by atoms with Crippen LogP contribution in [-0.2, 0) is 27.2 Å². The number of ether oxygens (including phenoxy) is 2. The highest BCUT2D eigenvalue weighted by Crippen LogP contribution is 2.23. The molecule has 0 bridgehead atoms. The number of hydrogen-bond acceptors (Lipinski definition) is 9. The Morgan fingerprint density at radius 2 is 2.00 bits per heavy atom. The van der Waals surface area contributed by atoms with Gasteiger partial charge in [0.05, 0.1) is 24.8 Å². The number of rotatable bonds is 10. The van der Waals surface area contributed by atoms with Gasteiger partial charge in [0, 0.05) is 38.0 Å². The Labute approximate surface area is 209 Å². The van der Waals surface area contributed by atoms with E-state index in [0.29, 0.717) is 22.8 Å². The molecule has 3 aromatic heterocycles. The van der Waals surface area contributed by atoms with E-state index in [1.54, 1.807) is 46.9 Å². The maximum absolute atomic E-state index is 13.9. The second-order valence-corrected chi connectivity index (χ2v) is 9.23. The zero-order valence-corrected chi connectivity index (χ0v) is 21.2. The van der Waals surface area contributed by atoms with E-state index >= 15 is 0 Å². The normalized spacial score (nSPS) is 12.3. The predicted molar refractivity (Wildman–Crippen MR) is 131 cm³/mol. The molecule has 0 radical (unpaired) electrons. The fourth-order valence-electron chi connectivity index (χ4n) is 3.36. The average Bonchev–Trinajstić information content (AvgIpc) is 3.23. The van der Waals surface area contributed by atoms with Crippen LogP contribution in [0.1, 0.15) is 46.2 Å². The number of amides is 1. The van der Waals surface area contributed by atoms with Crippen LogP contribution < -0.4 is 5.32 Å². The van der Waals surface area contributed by atoms with Gasteiger partial charge in [-0.05, 0) is 39.8 Å². The molecule has 0 aromatic carbocycles. The van der Waals surface area contributed by atoms with Gasteiger partial charge in [0.25, 0.3) is 0 Å². The van der Waals surface area contributed by atoms with Gasteiger partial charge in [-0.1, -0.05) is 6.92 Å². The molecule has 0 spiro atoms. The van der Waals surface area contributed by atoms with E-state index in [1.165, 1.54) is 23.2 Å². The fourth-order valence-corrected chi connectivity index (χ4v) is 3.36. The molecule has 1 N–H and O–H groups in total. The molecular weight excluding hydrogens is 469 g/mol. The van der Waals surface area contributed by atoms with Crippen LogP contribution in [-0.4, -0.2) is 57.2 Å². The van der Waals surface area contributed by atoms with Gasteiger partial charge in [0.2, 0.25) is 0 Å². The first kappa shape index (κ1) is 26.8. The summed E-state index contributed by atoms with van der Waals surface area (Å²) in [6, 6.07) is 4.54. The molecule has 1 atom stereocenters. The predicted octanol–water partition coefficient (Wildman–Crippen LogP) is 4.35. The fraction of sp³-hybridized carbons (Fsp3) is 0.480. The van der Waals surface area contributed by atoms with Crippen LogP contribution in [0.4, 0.5) is 15.0 Å². The van der Waals surface area contributed by atoms with E-state index in [-0.39, 0.29) is 44.3 Å². The van der Waals surface area contributed by atoms with Crippen LogP contribution in [0.5, 0.6) is 0 Å². The minimum atomic E-state index is -0.695. The van der Waals surface area contributed by atoms with Crippen molar-refractivity contribution < 1.29 is 27.9 Å². The number of aromatic nitrogens is 3. The molecule has 10 nitrogen and oxygen atoms in total. The van der Waals surface area contributed by atoms with Crippen molar-refractivity contribution in [2.45, 2.75) is 53.2 Å². The van der Waals surface area contributed by atoms with Crippen molar-refractivity contribution in [1.29, 1.82) is 0 Å². The van der Waals surface area contributed by atoms with Gasteiger partial charge in [-0.2, -0.15) is 0 Å².